The molecule has 5 N–H and O–H groups in total. The topological polar surface area (TPSA) is 139 Å². The summed E-state index contributed by atoms with van der Waals surface area (Å²) in [7, 11) is -1.52. The molecular formula is C20H19BN6O3. The van der Waals surface area contributed by atoms with Crippen molar-refractivity contribution in [1.29, 1.82) is 0 Å². The maximum absolute atomic E-state index is 11.7. The minimum Gasteiger partial charge on any atom is -0.423 e. The van der Waals surface area contributed by atoms with Gasteiger partial charge in [-0.3, -0.25) is 9.20 Å². The number of benzene rings is 1. The van der Waals surface area contributed by atoms with Crippen molar-refractivity contribution in [3.8, 4) is 11.6 Å². The largest absolute Gasteiger partial charge is 0.488 e. The van der Waals surface area contributed by atoms with Crippen molar-refractivity contribution in [1.82, 2.24) is 19.4 Å². The molecule has 3 aromatic heterocycles. The molecule has 4 aromatic rings. The second-order valence-electron chi connectivity index (χ2n) is 6.81. The Bertz CT molecular complexity index is 1240. The van der Waals surface area contributed by atoms with Gasteiger partial charge in [-0.15, -0.1) is 0 Å². The number of hydrogen-bond acceptors (Lipinski definition) is 7. The molecule has 4 rings (SSSR count). The molecule has 0 saturated carbocycles. The highest BCUT2D eigenvalue weighted by molar-refractivity contribution is 6.58. The van der Waals surface area contributed by atoms with Gasteiger partial charge in [-0.2, -0.15) is 0 Å². The molecule has 1 aromatic carbocycles. The molecule has 0 fully saturated rings. The lowest BCUT2D eigenvalue weighted by atomic mass is 9.80. The van der Waals surface area contributed by atoms with Gasteiger partial charge < -0.3 is 21.1 Å². The number of anilines is 1. The number of rotatable bonds is 6. The van der Waals surface area contributed by atoms with Gasteiger partial charge in [0.25, 0.3) is 5.91 Å². The first-order chi connectivity index (χ1) is 14.4. The van der Waals surface area contributed by atoms with Crippen LogP contribution in [0.25, 0.3) is 17.2 Å². The summed E-state index contributed by atoms with van der Waals surface area (Å²) in [6, 6.07) is 12.2. The van der Waals surface area contributed by atoms with Crippen LogP contribution >= 0.6 is 0 Å². The number of amides is 1. The molecule has 0 aliphatic heterocycles. The standard InChI is InChI=1S/C20H19BN6O3/c1-12-8-17(23-10-13-4-2-5-14(9-13)21(29)30)26-19(25-12)20-24-11-16-15(18(22)28)6-3-7-27(16)20/h2-9,11,29-30H,10H2,1H3,(H2,22,28)(H,23,25,26). The van der Waals surface area contributed by atoms with Crippen molar-refractivity contribution < 1.29 is 14.8 Å². The van der Waals surface area contributed by atoms with E-state index in [9.17, 15) is 14.8 Å². The van der Waals surface area contributed by atoms with Crippen molar-refractivity contribution >= 4 is 29.8 Å². The van der Waals surface area contributed by atoms with E-state index in [1.165, 1.54) is 0 Å². The quantitative estimate of drug-likeness (QED) is 0.344. The fourth-order valence-corrected chi connectivity index (χ4v) is 3.21. The Balaban J connectivity index is 1.64. The van der Waals surface area contributed by atoms with Crippen LogP contribution in [0.5, 0.6) is 0 Å². The summed E-state index contributed by atoms with van der Waals surface area (Å²) >= 11 is 0. The summed E-state index contributed by atoms with van der Waals surface area (Å²) in [6.45, 7) is 2.29. The van der Waals surface area contributed by atoms with Gasteiger partial charge in [-0.05, 0) is 30.1 Å². The molecule has 0 aliphatic carbocycles. The summed E-state index contributed by atoms with van der Waals surface area (Å²) in [5, 5.41) is 21.9. The zero-order valence-corrected chi connectivity index (χ0v) is 16.1. The average molecular weight is 402 g/mol. The zero-order chi connectivity index (χ0) is 21.3. The van der Waals surface area contributed by atoms with E-state index in [0.29, 0.717) is 40.6 Å². The number of nitrogens with two attached hydrogens (primary N) is 1. The van der Waals surface area contributed by atoms with Crippen molar-refractivity contribution in [2.24, 2.45) is 5.73 Å². The maximum Gasteiger partial charge on any atom is 0.488 e. The zero-order valence-electron chi connectivity index (χ0n) is 16.1. The third-order valence-corrected chi connectivity index (χ3v) is 4.61. The van der Waals surface area contributed by atoms with Crippen molar-refractivity contribution in [3.63, 3.8) is 0 Å². The number of nitrogens with one attached hydrogen (secondary N) is 1. The van der Waals surface area contributed by atoms with E-state index in [1.54, 1.807) is 53.2 Å². The van der Waals surface area contributed by atoms with Crippen LogP contribution in [-0.4, -0.2) is 42.4 Å². The Hall–Kier alpha value is -3.76. The Morgan fingerprint density at radius 2 is 2.03 bits per heavy atom. The summed E-state index contributed by atoms with van der Waals surface area (Å²) < 4.78 is 1.73. The highest BCUT2D eigenvalue weighted by Crippen LogP contribution is 2.21. The van der Waals surface area contributed by atoms with Gasteiger partial charge in [0, 0.05) is 24.5 Å². The summed E-state index contributed by atoms with van der Waals surface area (Å²) in [4.78, 5) is 25.1. The van der Waals surface area contributed by atoms with Crippen LogP contribution in [0.2, 0.25) is 0 Å². The molecule has 0 aliphatic rings. The molecule has 1 amide bonds. The summed E-state index contributed by atoms with van der Waals surface area (Å²) in [6.07, 6.45) is 3.34. The Kier molecular flexibility index (Phi) is 5.17. The number of aromatic nitrogens is 4. The lowest BCUT2D eigenvalue weighted by Crippen LogP contribution is -2.30. The number of aryl methyl sites for hydroxylation is 1. The molecule has 30 heavy (non-hydrogen) atoms. The number of primary amides is 1. The van der Waals surface area contributed by atoms with Crippen LogP contribution in [0.1, 0.15) is 21.6 Å². The minimum atomic E-state index is -1.52. The van der Waals surface area contributed by atoms with E-state index in [0.717, 1.165) is 11.3 Å². The molecule has 150 valence electrons. The van der Waals surface area contributed by atoms with Gasteiger partial charge >= 0.3 is 7.12 Å². The second-order valence-corrected chi connectivity index (χ2v) is 6.81. The molecule has 10 heteroatoms. The predicted molar refractivity (Wildman–Crippen MR) is 113 cm³/mol. The number of hydrogen-bond donors (Lipinski definition) is 4. The van der Waals surface area contributed by atoms with E-state index in [4.69, 9.17) is 5.73 Å². The first-order valence-electron chi connectivity index (χ1n) is 9.23. The molecule has 9 nitrogen and oxygen atoms in total. The van der Waals surface area contributed by atoms with Gasteiger partial charge in [-0.25, -0.2) is 15.0 Å². The molecule has 3 heterocycles. The lowest BCUT2D eigenvalue weighted by molar-refractivity contribution is 0.100. The van der Waals surface area contributed by atoms with E-state index < -0.39 is 13.0 Å². The van der Waals surface area contributed by atoms with Crippen LogP contribution < -0.4 is 16.5 Å². The lowest BCUT2D eigenvalue weighted by Gasteiger charge is -2.10. The molecule has 0 bridgehead atoms. The minimum absolute atomic E-state index is 0.369. The fourth-order valence-electron chi connectivity index (χ4n) is 3.21. The van der Waals surface area contributed by atoms with Gasteiger partial charge in [0.15, 0.2) is 11.6 Å². The molecule has 0 unspecified atom stereocenters. The van der Waals surface area contributed by atoms with Crippen molar-refractivity contribution in [3.05, 3.63) is 71.7 Å². The Labute approximate surface area is 172 Å². The summed E-state index contributed by atoms with van der Waals surface area (Å²) in [5.41, 5.74) is 8.43. The van der Waals surface area contributed by atoms with E-state index in [1.807, 2.05) is 13.0 Å². The molecule has 0 spiro atoms. The number of pyridine rings is 1. The first kappa shape index (κ1) is 19.6. The third kappa shape index (κ3) is 3.86. The number of nitrogens with zero attached hydrogens (tertiary/aromatic N) is 4. The van der Waals surface area contributed by atoms with Crippen LogP contribution in [0.3, 0.4) is 0 Å². The molecular weight excluding hydrogens is 383 g/mol. The third-order valence-electron chi connectivity index (χ3n) is 4.61. The Morgan fingerprint density at radius 3 is 2.80 bits per heavy atom. The van der Waals surface area contributed by atoms with E-state index in [2.05, 4.69) is 20.3 Å². The number of fused-ring (bicyclic) bond motifs is 1. The van der Waals surface area contributed by atoms with Gasteiger partial charge in [0.2, 0.25) is 0 Å². The highest BCUT2D eigenvalue weighted by atomic mass is 16.4. The SMILES string of the molecule is Cc1cc(NCc2cccc(B(O)O)c2)nc(-c2ncc3c(C(N)=O)cccn23)n1. The molecule has 0 radical (unpaired) electrons. The monoisotopic (exact) mass is 402 g/mol. The molecule has 0 atom stereocenters. The van der Waals surface area contributed by atoms with Crippen molar-refractivity contribution in [2.45, 2.75) is 13.5 Å². The molecule has 0 saturated heterocycles. The number of carbonyl (C=O) groups excluding carboxylic acids is 1. The maximum atomic E-state index is 11.7. The smallest absolute Gasteiger partial charge is 0.423 e. The van der Waals surface area contributed by atoms with Crippen LogP contribution in [0, 0.1) is 6.92 Å². The highest BCUT2D eigenvalue weighted by Gasteiger charge is 2.15. The second kappa shape index (κ2) is 7.93. The Morgan fingerprint density at radius 1 is 1.20 bits per heavy atom. The average Bonchev–Trinajstić information content (AvgIpc) is 3.16. The van der Waals surface area contributed by atoms with Crippen molar-refractivity contribution in [2.75, 3.05) is 5.32 Å². The van der Waals surface area contributed by atoms with Gasteiger partial charge in [-0.1, -0.05) is 24.3 Å². The van der Waals surface area contributed by atoms with Crippen LogP contribution in [-0.2, 0) is 6.54 Å². The summed E-state index contributed by atoms with van der Waals surface area (Å²) in [5.74, 6) is 0.953. The fraction of sp³-hybridized carbons (Fsp3) is 0.100. The van der Waals surface area contributed by atoms with E-state index in [-0.39, 0.29) is 0 Å². The van der Waals surface area contributed by atoms with Crippen LogP contribution in [0.15, 0.2) is 54.9 Å². The first-order valence-corrected chi connectivity index (χ1v) is 9.23. The predicted octanol–water partition coefficient (Wildman–Crippen LogP) is 0.491. The van der Waals surface area contributed by atoms with Gasteiger partial charge in [0.05, 0.1) is 17.3 Å². The van der Waals surface area contributed by atoms with E-state index >= 15 is 0 Å². The van der Waals surface area contributed by atoms with Crippen LogP contribution in [0.4, 0.5) is 5.82 Å². The normalized spacial score (nSPS) is 10.9. The number of imidazole rings is 1. The van der Waals surface area contributed by atoms with Gasteiger partial charge in [0.1, 0.15) is 5.82 Å². The number of carbonyl (C=O) groups is 1.